The number of hydrogen-bond acceptors (Lipinski definition) is 18. The van der Waals surface area contributed by atoms with E-state index < -0.39 is 109 Å². The summed E-state index contributed by atoms with van der Waals surface area (Å²) in [5.74, 6) is -10.2. The van der Waals surface area contributed by atoms with Crippen LogP contribution in [0.15, 0.2) is 0 Å². The smallest absolute Gasteiger partial charge is 0.322 e. The number of carbonyl (C=O) groups is 10. The lowest BCUT2D eigenvalue weighted by atomic mass is 10.2. The SMILES string of the molecule is NC(=O)CC[C@H](N)C(=O)O.NC(=O)C[C@H](N)C(=O)O.N[C@@H](CC(=O)O)C(=O)O.N[C@@H](CCC(=O)O)C(=O)O.N[C@@H](CO)C(=O)O.N[C@@H](CS)C(=O)O. The predicted octanol–water partition coefficient (Wildman–Crippen LogP) is -7.21. The Labute approximate surface area is 299 Å². The summed E-state index contributed by atoms with van der Waals surface area (Å²) in [7, 11) is 0. The van der Waals surface area contributed by atoms with Crippen LogP contribution in [0.25, 0.3) is 0 Å². The Bertz CT molecular complexity index is 1060. The average molecular weight is 785 g/mol. The molecule has 0 aliphatic carbocycles. The van der Waals surface area contributed by atoms with E-state index in [9.17, 15) is 47.9 Å². The fourth-order valence-electron chi connectivity index (χ4n) is 1.56. The molecule has 0 unspecified atom stereocenters. The molecule has 6 atom stereocenters. The summed E-state index contributed by atoms with van der Waals surface area (Å²) in [6.45, 7) is -0.505. The van der Waals surface area contributed by atoms with Crippen molar-refractivity contribution in [1.82, 2.24) is 0 Å². The number of carboxylic acids is 8. The topological polar surface area (TPSA) is 561 Å². The third kappa shape index (κ3) is 51.6. The van der Waals surface area contributed by atoms with Crippen LogP contribution in [0.2, 0.25) is 0 Å². The number of rotatable bonds is 18. The van der Waals surface area contributed by atoms with Crippen molar-refractivity contribution in [2.75, 3.05) is 12.4 Å². The highest BCUT2D eigenvalue weighted by Crippen LogP contribution is 1.94. The number of hydrogen-bond donors (Lipinski definition) is 18. The lowest BCUT2D eigenvalue weighted by molar-refractivity contribution is -0.144. The standard InChI is InChI=1S/C5H10N2O3.C5H9NO4.C4H8N2O3.C4H7NO4.C3H7NO3.C3H7NO2S/c2*6-3(5(9)10)1-2-4(7)8;2*5-2(4(8)9)1-3(6)7;4-2(1-5)3(6)7;4-2(1-7)3(5)6/h3H,1-2,6H2,(H2,7,8)(H,9,10);3H,1-2,6H2,(H,7,8)(H,9,10);2H,1,5H2,(H2,6,7)(H,8,9);2H,1,5H2,(H,6,7)(H,8,9);2,5H,1,4H2,(H,6,7);2,7H,1,4H2,(H,5,6)/t2*3-;4*2-/m000000/s1. The summed E-state index contributed by atoms with van der Waals surface area (Å²) >= 11 is 3.65. The zero-order valence-electron chi connectivity index (χ0n) is 27.3. The Kier molecular flexibility index (Phi) is 40.3. The monoisotopic (exact) mass is 784 g/mol. The van der Waals surface area contributed by atoms with Gasteiger partial charge < -0.3 is 91.8 Å². The molecular weight excluding hydrogens is 736 g/mol. The normalized spacial score (nSPS) is 12.8. The van der Waals surface area contributed by atoms with E-state index in [4.69, 9.17) is 86.1 Å². The van der Waals surface area contributed by atoms with Gasteiger partial charge in [0.2, 0.25) is 11.8 Å². The quantitative estimate of drug-likeness (QED) is 0.0574. The maximum absolute atomic E-state index is 10.1. The first-order chi connectivity index (χ1) is 23.5. The Morgan fingerprint density at radius 3 is 0.865 bits per heavy atom. The second-order valence-electron chi connectivity index (χ2n) is 9.24. The predicted molar refractivity (Wildman–Crippen MR) is 176 cm³/mol. The molecule has 0 heterocycles. The fraction of sp³-hybridized carbons (Fsp3) is 0.583. The van der Waals surface area contributed by atoms with Crippen LogP contribution < -0.4 is 45.9 Å². The number of carbonyl (C=O) groups excluding carboxylic acids is 2. The molecule has 2 amide bonds. The average Bonchev–Trinajstić information content (AvgIpc) is 3.01. The molecule has 0 aromatic heterocycles. The first-order valence-electron chi connectivity index (χ1n) is 13.6. The lowest BCUT2D eigenvalue weighted by Gasteiger charge is -2.01. The van der Waals surface area contributed by atoms with Crippen LogP contribution >= 0.6 is 12.6 Å². The van der Waals surface area contributed by atoms with Gasteiger partial charge in [-0.05, 0) is 12.8 Å². The molecule has 27 nitrogen and oxygen atoms in total. The fourth-order valence-corrected chi connectivity index (χ4v) is 1.72. The lowest BCUT2D eigenvalue weighted by Crippen LogP contribution is -2.34. The van der Waals surface area contributed by atoms with Gasteiger partial charge in [0.05, 0.1) is 19.4 Å². The largest absolute Gasteiger partial charge is 0.481 e. The zero-order valence-corrected chi connectivity index (χ0v) is 28.2. The van der Waals surface area contributed by atoms with E-state index in [1.807, 2.05) is 0 Å². The molecule has 52 heavy (non-hydrogen) atoms. The van der Waals surface area contributed by atoms with Crippen molar-refractivity contribution in [2.45, 2.75) is 74.8 Å². The van der Waals surface area contributed by atoms with Crippen LogP contribution in [-0.2, 0) is 47.9 Å². The number of aliphatic hydroxyl groups is 1. The maximum Gasteiger partial charge on any atom is 0.322 e. The molecule has 0 rings (SSSR count). The Balaban J connectivity index is -0.000000123. The van der Waals surface area contributed by atoms with Crippen molar-refractivity contribution in [1.29, 1.82) is 0 Å². The maximum atomic E-state index is 10.1. The summed E-state index contributed by atoms with van der Waals surface area (Å²) in [6, 6.07) is -6.43. The van der Waals surface area contributed by atoms with E-state index in [1.54, 1.807) is 0 Å². The number of aliphatic carboxylic acids is 8. The van der Waals surface area contributed by atoms with E-state index in [1.165, 1.54) is 0 Å². The Morgan fingerprint density at radius 2 is 0.731 bits per heavy atom. The van der Waals surface area contributed by atoms with Gasteiger partial charge in [-0.15, -0.1) is 0 Å². The number of nitrogens with two attached hydrogens (primary N) is 8. The first kappa shape index (κ1) is 58.9. The van der Waals surface area contributed by atoms with Crippen molar-refractivity contribution in [3.63, 3.8) is 0 Å². The minimum atomic E-state index is -1.29. The Hall–Kier alpha value is -5.23. The molecule has 25 N–H and O–H groups in total. The second-order valence-corrected chi connectivity index (χ2v) is 9.60. The molecule has 28 heteroatoms. The molecular formula is C24H48N8O19S. The summed E-state index contributed by atoms with van der Waals surface area (Å²) in [5.41, 5.74) is 38.9. The van der Waals surface area contributed by atoms with Gasteiger partial charge in [0.1, 0.15) is 36.3 Å². The van der Waals surface area contributed by atoms with Crippen LogP contribution in [0.5, 0.6) is 0 Å². The van der Waals surface area contributed by atoms with Crippen LogP contribution in [0.1, 0.15) is 38.5 Å². The minimum Gasteiger partial charge on any atom is -0.481 e. The van der Waals surface area contributed by atoms with Crippen LogP contribution in [0.3, 0.4) is 0 Å². The molecule has 0 radical (unpaired) electrons. The van der Waals surface area contributed by atoms with Crippen LogP contribution in [-0.4, -0.2) is 154 Å². The molecule has 0 aliphatic heterocycles. The van der Waals surface area contributed by atoms with Gasteiger partial charge >= 0.3 is 47.8 Å². The molecule has 0 fully saturated rings. The summed E-state index contributed by atoms with van der Waals surface area (Å²) < 4.78 is 0. The third-order valence-corrected chi connectivity index (χ3v) is 4.88. The molecule has 0 bridgehead atoms. The number of amides is 2. The van der Waals surface area contributed by atoms with Gasteiger partial charge in [-0.1, -0.05) is 0 Å². The number of primary amides is 2. The second kappa shape index (κ2) is 35.6. The van der Waals surface area contributed by atoms with Crippen LogP contribution in [0, 0.1) is 0 Å². The van der Waals surface area contributed by atoms with E-state index in [0.717, 1.165) is 0 Å². The number of thiol groups is 1. The van der Waals surface area contributed by atoms with Gasteiger partial charge in [0.15, 0.2) is 0 Å². The highest BCUT2D eigenvalue weighted by Gasteiger charge is 2.15. The highest BCUT2D eigenvalue weighted by atomic mass is 32.1. The highest BCUT2D eigenvalue weighted by molar-refractivity contribution is 7.80. The van der Waals surface area contributed by atoms with Crippen molar-refractivity contribution in [3.05, 3.63) is 0 Å². The zero-order chi connectivity index (χ0) is 42.9. The molecule has 0 aliphatic rings. The summed E-state index contributed by atoms with van der Waals surface area (Å²) in [5, 5.41) is 72.5. The number of aliphatic hydroxyl groups excluding tert-OH is 1. The summed E-state index contributed by atoms with van der Waals surface area (Å²) in [6.07, 6.45) is -0.944. The first-order valence-corrected chi connectivity index (χ1v) is 14.3. The van der Waals surface area contributed by atoms with Crippen molar-refractivity contribution >= 4 is 72.2 Å². The minimum absolute atomic E-state index is 0.0213. The van der Waals surface area contributed by atoms with Gasteiger partial charge in [0, 0.05) is 18.6 Å². The van der Waals surface area contributed by atoms with E-state index in [2.05, 4.69) is 18.4 Å². The molecule has 304 valence electrons. The van der Waals surface area contributed by atoms with Crippen LogP contribution in [0.4, 0.5) is 0 Å². The molecule has 0 saturated heterocycles. The van der Waals surface area contributed by atoms with Crippen molar-refractivity contribution in [3.8, 4) is 0 Å². The van der Waals surface area contributed by atoms with Gasteiger partial charge in [-0.25, -0.2) is 0 Å². The molecule has 0 aromatic carbocycles. The number of carboxylic acid groups (broad SMARTS) is 8. The van der Waals surface area contributed by atoms with E-state index >= 15 is 0 Å². The van der Waals surface area contributed by atoms with Gasteiger partial charge in [-0.3, -0.25) is 47.9 Å². The summed E-state index contributed by atoms with van der Waals surface area (Å²) in [4.78, 5) is 98.9. The molecule has 0 saturated carbocycles. The molecule has 0 aromatic rings. The molecule has 0 spiro atoms. The van der Waals surface area contributed by atoms with E-state index in [0.29, 0.717) is 0 Å². The van der Waals surface area contributed by atoms with Gasteiger partial charge in [-0.2, -0.15) is 12.6 Å². The van der Waals surface area contributed by atoms with Crippen molar-refractivity contribution < 1.29 is 93.9 Å². The Morgan fingerprint density at radius 1 is 0.423 bits per heavy atom. The third-order valence-electron chi connectivity index (χ3n) is 4.48. The van der Waals surface area contributed by atoms with E-state index in [-0.39, 0.29) is 37.9 Å². The van der Waals surface area contributed by atoms with Crippen molar-refractivity contribution in [2.24, 2.45) is 45.9 Å². The van der Waals surface area contributed by atoms with Gasteiger partial charge in [0.25, 0.3) is 0 Å².